The van der Waals surface area contributed by atoms with Crippen molar-refractivity contribution in [3.63, 3.8) is 0 Å². The number of fused-ring (bicyclic) bond motifs is 4. The van der Waals surface area contributed by atoms with Crippen LogP contribution >= 0.6 is 42.7 Å². The molecule has 1 unspecified atom stereocenters. The molecule has 0 saturated carbocycles. The van der Waals surface area contributed by atoms with Crippen molar-refractivity contribution in [2.24, 2.45) is 0 Å². The number of nitrogens with zero attached hydrogens (tertiary/aromatic N) is 1. The van der Waals surface area contributed by atoms with E-state index in [9.17, 15) is 4.79 Å². The van der Waals surface area contributed by atoms with Crippen molar-refractivity contribution in [2.75, 3.05) is 9.03 Å². The van der Waals surface area contributed by atoms with Crippen molar-refractivity contribution < 1.29 is 4.79 Å². The van der Waals surface area contributed by atoms with E-state index in [1.165, 1.54) is 10.4 Å². The molecule has 4 rings (SSSR count). The van der Waals surface area contributed by atoms with Crippen LogP contribution in [-0.2, 0) is 4.79 Å². The van der Waals surface area contributed by atoms with Gasteiger partial charge in [0.25, 0.3) is 0 Å². The minimum atomic E-state index is -0.437. The van der Waals surface area contributed by atoms with Crippen LogP contribution < -0.4 is 9.03 Å². The van der Waals surface area contributed by atoms with Crippen LogP contribution in [0.4, 0.5) is 11.4 Å². The maximum Gasteiger partial charge on any atom is 0.234 e. The average molecular weight is 426 g/mol. The van der Waals surface area contributed by atoms with E-state index in [1.54, 1.807) is 6.92 Å². The number of carbonyl (C=O) groups excluding carboxylic acids is 1. The Bertz CT molecular complexity index is 848. The molecule has 0 fully saturated rings. The van der Waals surface area contributed by atoms with Gasteiger partial charge < -0.3 is 4.72 Å². The van der Waals surface area contributed by atoms with Gasteiger partial charge in [0.1, 0.15) is 0 Å². The van der Waals surface area contributed by atoms with Crippen molar-refractivity contribution in [2.45, 2.75) is 6.92 Å². The van der Waals surface area contributed by atoms with Crippen LogP contribution in [0.2, 0.25) is 0 Å². The normalized spacial score (nSPS) is 18.1. The molecule has 1 N–H and O–H groups in total. The van der Waals surface area contributed by atoms with E-state index in [-0.39, 0.29) is 5.91 Å². The summed E-state index contributed by atoms with van der Waals surface area (Å²) in [7, 11) is -0.437. The molecule has 3 nitrogen and oxygen atoms in total. The summed E-state index contributed by atoms with van der Waals surface area (Å²) < 4.78 is 7.35. The van der Waals surface area contributed by atoms with Crippen LogP contribution in [0.25, 0.3) is 0 Å². The molecule has 21 heavy (non-hydrogen) atoms. The van der Waals surface area contributed by atoms with Crippen LogP contribution in [0.1, 0.15) is 18.1 Å². The van der Waals surface area contributed by atoms with Gasteiger partial charge in [-0.1, -0.05) is 44.0 Å². The molecule has 6 heteroatoms. The lowest BCUT2D eigenvalue weighted by Crippen LogP contribution is -2.22. The topological polar surface area (TPSA) is 32.3 Å². The van der Waals surface area contributed by atoms with Gasteiger partial charge in [0.15, 0.2) is 0 Å². The van der Waals surface area contributed by atoms with Crippen molar-refractivity contribution in [1.29, 1.82) is 0 Å². The summed E-state index contributed by atoms with van der Waals surface area (Å²) in [6, 6.07) is 12.3. The second-order valence-corrected chi connectivity index (χ2v) is 8.26. The molecule has 106 valence electrons. The molecule has 0 saturated heterocycles. The molecular weight excluding hydrogens is 416 g/mol. The summed E-state index contributed by atoms with van der Waals surface area (Å²) >= 11 is 6.99. The molecule has 0 aromatic heterocycles. The number of nitrogens with one attached hydrogen (secondary N) is 1. The number of amides is 1. The smallest absolute Gasteiger partial charge is 0.234 e. The van der Waals surface area contributed by atoms with Crippen LogP contribution in [0.15, 0.2) is 45.3 Å². The lowest BCUT2D eigenvalue weighted by atomic mass is 10.0. The fourth-order valence-electron chi connectivity index (χ4n) is 2.71. The molecule has 0 spiro atoms. The zero-order chi connectivity index (χ0) is 14.7. The van der Waals surface area contributed by atoms with Crippen LogP contribution in [0.5, 0.6) is 0 Å². The fourth-order valence-corrected chi connectivity index (χ4v) is 5.54. The maximum atomic E-state index is 12.1. The first kappa shape index (κ1) is 13.5. The lowest BCUT2D eigenvalue weighted by Gasteiger charge is -2.21. The van der Waals surface area contributed by atoms with Gasteiger partial charge in [-0.2, -0.15) is 0 Å². The van der Waals surface area contributed by atoms with Crippen LogP contribution in [0, 0.1) is 0 Å². The van der Waals surface area contributed by atoms with E-state index in [4.69, 9.17) is 0 Å². The number of hydrogen-bond donors (Lipinski definition) is 1. The summed E-state index contributed by atoms with van der Waals surface area (Å²) in [5.74, 6) is 0.0482. The largest absolute Gasteiger partial charge is 0.318 e. The van der Waals surface area contributed by atoms with Crippen LogP contribution in [-0.4, -0.2) is 10.8 Å². The first-order valence-corrected chi connectivity index (χ1v) is 9.11. The number of rotatable bonds is 0. The second-order valence-electron chi connectivity index (χ2n) is 4.88. The quantitative estimate of drug-likeness (QED) is 0.622. The maximum absolute atomic E-state index is 12.1. The Balaban J connectivity index is 1.98. The number of carbonyl (C=O) groups is 1. The summed E-state index contributed by atoms with van der Waals surface area (Å²) in [4.78, 5) is 13.3. The number of hydrogen-bond acceptors (Lipinski definition) is 2. The summed E-state index contributed by atoms with van der Waals surface area (Å²) in [5, 5.41) is 0. The Morgan fingerprint density at radius 2 is 1.76 bits per heavy atom. The van der Waals surface area contributed by atoms with Gasteiger partial charge in [-0.25, -0.2) is 4.31 Å². The molecule has 2 aliphatic rings. The molecule has 0 aliphatic carbocycles. The lowest BCUT2D eigenvalue weighted by molar-refractivity contribution is -0.115. The minimum absolute atomic E-state index is 0.0482. The Labute approximate surface area is 141 Å². The van der Waals surface area contributed by atoms with Gasteiger partial charge in [-0.3, -0.25) is 4.79 Å². The highest BCUT2D eigenvalue weighted by atomic mass is 79.9. The van der Waals surface area contributed by atoms with Gasteiger partial charge in [0.2, 0.25) is 5.91 Å². The highest BCUT2D eigenvalue weighted by Crippen LogP contribution is 2.49. The first-order valence-electron chi connectivity index (χ1n) is 6.35. The molecule has 2 aromatic carbocycles. The van der Waals surface area contributed by atoms with E-state index in [0.29, 0.717) is 0 Å². The van der Waals surface area contributed by atoms with Gasteiger partial charge >= 0.3 is 0 Å². The predicted octanol–water partition coefficient (Wildman–Crippen LogP) is 4.67. The molecule has 2 aromatic rings. The molecule has 0 bridgehead atoms. The number of halogens is 2. The van der Waals surface area contributed by atoms with Gasteiger partial charge in [-0.05, 0) is 24.3 Å². The van der Waals surface area contributed by atoms with Gasteiger partial charge in [0.05, 0.1) is 16.2 Å². The zero-order valence-electron chi connectivity index (χ0n) is 11.0. The average Bonchev–Trinajstić information content (AvgIpc) is 2.90. The summed E-state index contributed by atoms with van der Waals surface area (Å²) in [6.07, 6.45) is 0. The Morgan fingerprint density at radius 1 is 1.10 bits per heavy atom. The third kappa shape index (κ3) is 1.93. The molecule has 1 amide bonds. The molecule has 0 radical (unpaired) electrons. The third-order valence-electron chi connectivity index (χ3n) is 3.52. The number of benzene rings is 2. The minimum Gasteiger partial charge on any atom is -0.318 e. The van der Waals surface area contributed by atoms with E-state index in [0.717, 1.165) is 25.9 Å². The van der Waals surface area contributed by atoms with E-state index in [2.05, 4.69) is 54.8 Å². The van der Waals surface area contributed by atoms with E-state index in [1.807, 2.05) is 22.5 Å². The molecule has 2 aliphatic heterocycles. The third-order valence-corrected chi connectivity index (χ3v) is 6.56. The van der Waals surface area contributed by atoms with Crippen molar-refractivity contribution in [3.05, 3.63) is 56.5 Å². The molecular formula is C15H10Br2N2OS. The summed E-state index contributed by atoms with van der Waals surface area (Å²) in [5.41, 5.74) is 4.35. The number of anilines is 2. The second kappa shape index (κ2) is 4.69. The summed E-state index contributed by atoms with van der Waals surface area (Å²) in [6.45, 7) is 1.61. The standard InChI is InChI=1S/C15H10Br2N2OS/c1-8(20)19-14-7-10(17)3-5-12(14)15-11-4-2-9(16)6-13(11)18-21(15)19/h2-7,18H,1H3. The fraction of sp³-hybridized carbons (Fsp3) is 0.0667. The highest BCUT2D eigenvalue weighted by Gasteiger charge is 2.36. The van der Waals surface area contributed by atoms with Gasteiger partial charge in [-0.15, -0.1) is 0 Å². The molecule has 2 heterocycles. The SMILES string of the molecule is CC(=O)N1c2cc(Br)ccc2C2=S1Nc1cc(Br)ccc12. The highest BCUT2D eigenvalue weighted by molar-refractivity contribution is 9.10. The Kier molecular flexibility index (Phi) is 3.03. The first-order chi connectivity index (χ1) is 10.1. The van der Waals surface area contributed by atoms with E-state index < -0.39 is 10.9 Å². The van der Waals surface area contributed by atoms with Crippen molar-refractivity contribution in [3.8, 4) is 0 Å². The monoisotopic (exact) mass is 424 g/mol. The van der Waals surface area contributed by atoms with Crippen molar-refractivity contribution >= 4 is 64.9 Å². The Morgan fingerprint density at radius 3 is 2.48 bits per heavy atom. The Hall–Kier alpha value is -1.11. The van der Waals surface area contributed by atoms with E-state index >= 15 is 0 Å². The van der Waals surface area contributed by atoms with Gasteiger partial charge in [0, 0.05) is 37.9 Å². The molecule has 1 atom stereocenters. The van der Waals surface area contributed by atoms with Crippen molar-refractivity contribution in [1.82, 2.24) is 0 Å². The predicted molar refractivity (Wildman–Crippen MR) is 95.9 cm³/mol. The zero-order valence-corrected chi connectivity index (χ0v) is 15.0. The van der Waals surface area contributed by atoms with Crippen LogP contribution in [0.3, 0.4) is 0 Å².